The topological polar surface area (TPSA) is 69.3 Å². The van der Waals surface area contributed by atoms with Crippen molar-refractivity contribution in [2.45, 2.75) is 13.2 Å². The maximum Gasteiger partial charge on any atom is 0.291 e. The molecular weight excluding hydrogens is 354 g/mol. The summed E-state index contributed by atoms with van der Waals surface area (Å²) in [6.45, 7) is 0.824. The van der Waals surface area contributed by atoms with Crippen molar-refractivity contribution in [3.05, 3.63) is 102 Å². The molecule has 0 aliphatic heterocycles. The predicted octanol–water partition coefficient (Wildman–Crippen LogP) is 4.36. The number of hydrogen-bond donors (Lipinski definition) is 1. The highest BCUT2D eigenvalue weighted by Crippen LogP contribution is 2.19. The van der Waals surface area contributed by atoms with Gasteiger partial charge in [0.15, 0.2) is 5.76 Å². The monoisotopic (exact) mass is 373 g/mol. The maximum absolute atomic E-state index is 12.6. The van der Waals surface area contributed by atoms with Gasteiger partial charge >= 0.3 is 0 Å². The van der Waals surface area contributed by atoms with Crippen LogP contribution in [0.5, 0.6) is 5.75 Å². The Morgan fingerprint density at radius 2 is 1.82 bits per heavy atom. The van der Waals surface area contributed by atoms with Gasteiger partial charge in [0.05, 0.1) is 6.54 Å². The summed E-state index contributed by atoms with van der Waals surface area (Å²) in [6, 6.07) is 22.3. The Labute approximate surface area is 162 Å². The summed E-state index contributed by atoms with van der Waals surface area (Å²) < 4.78 is 13.1. The van der Waals surface area contributed by atoms with E-state index in [1.165, 1.54) is 0 Å². The average Bonchev–Trinajstić information content (AvgIpc) is 3.41. The lowest BCUT2D eigenvalue weighted by Gasteiger charge is -2.10. The molecule has 6 heteroatoms. The highest BCUT2D eigenvalue weighted by atomic mass is 16.5. The molecule has 0 saturated heterocycles. The van der Waals surface area contributed by atoms with Crippen LogP contribution in [0.2, 0.25) is 0 Å². The number of amides is 1. The Balaban J connectivity index is 1.41. The van der Waals surface area contributed by atoms with Crippen molar-refractivity contribution >= 4 is 11.6 Å². The van der Waals surface area contributed by atoms with E-state index in [9.17, 15) is 4.79 Å². The zero-order valence-electron chi connectivity index (χ0n) is 15.1. The highest BCUT2D eigenvalue weighted by molar-refractivity contribution is 6.02. The standard InChI is InChI=1S/C22H19N3O3/c26-22(21-12-11-19(28-21)16-27-18-8-2-1-3-9-18)24-20-10-5-4-7-17(20)15-25-14-6-13-23-25/h1-14H,15-16H2,(H,24,26). The van der Waals surface area contributed by atoms with Gasteiger partial charge in [-0.25, -0.2) is 0 Å². The van der Waals surface area contributed by atoms with Gasteiger partial charge in [-0.2, -0.15) is 5.10 Å². The molecule has 1 amide bonds. The molecule has 2 aromatic heterocycles. The van der Waals surface area contributed by atoms with Gasteiger partial charge in [0, 0.05) is 18.1 Å². The van der Waals surface area contributed by atoms with Crippen LogP contribution in [0.3, 0.4) is 0 Å². The molecule has 0 fully saturated rings. The smallest absolute Gasteiger partial charge is 0.291 e. The fraction of sp³-hybridized carbons (Fsp3) is 0.0909. The molecule has 0 saturated carbocycles. The zero-order chi connectivity index (χ0) is 19.2. The van der Waals surface area contributed by atoms with Crippen LogP contribution < -0.4 is 10.1 Å². The van der Waals surface area contributed by atoms with Gasteiger partial charge in [-0.1, -0.05) is 36.4 Å². The normalized spacial score (nSPS) is 10.6. The van der Waals surface area contributed by atoms with Crippen molar-refractivity contribution < 1.29 is 13.9 Å². The molecule has 28 heavy (non-hydrogen) atoms. The summed E-state index contributed by atoms with van der Waals surface area (Å²) in [5.41, 5.74) is 1.68. The van der Waals surface area contributed by atoms with Crippen LogP contribution in [0.4, 0.5) is 5.69 Å². The second kappa shape index (κ2) is 8.26. The SMILES string of the molecule is O=C(Nc1ccccc1Cn1cccn1)c1ccc(COc2ccccc2)o1. The third kappa shape index (κ3) is 4.29. The number of nitrogens with one attached hydrogen (secondary N) is 1. The average molecular weight is 373 g/mol. The molecule has 0 unspecified atom stereocenters. The number of para-hydroxylation sites is 2. The lowest BCUT2D eigenvalue weighted by molar-refractivity contribution is 0.0992. The number of anilines is 1. The number of aromatic nitrogens is 2. The van der Waals surface area contributed by atoms with Gasteiger partial charge in [0.1, 0.15) is 18.1 Å². The molecule has 2 aromatic carbocycles. The fourth-order valence-corrected chi connectivity index (χ4v) is 2.78. The molecule has 0 radical (unpaired) electrons. The van der Waals surface area contributed by atoms with Crippen LogP contribution >= 0.6 is 0 Å². The van der Waals surface area contributed by atoms with E-state index in [0.717, 1.165) is 17.0 Å². The van der Waals surface area contributed by atoms with E-state index in [0.29, 0.717) is 12.3 Å². The number of carbonyl (C=O) groups excluding carboxylic acids is 1. The summed E-state index contributed by atoms with van der Waals surface area (Å²) in [4.78, 5) is 12.6. The van der Waals surface area contributed by atoms with Crippen molar-refractivity contribution in [1.29, 1.82) is 0 Å². The van der Waals surface area contributed by atoms with E-state index in [1.54, 1.807) is 23.0 Å². The molecule has 4 rings (SSSR count). The Hall–Kier alpha value is -3.80. The van der Waals surface area contributed by atoms with Crippen LogP contribution in [0.25, 0.3) is 0 Å². The van der Waals surface area contributed by atoms with E-state index < -0.39 is 0 Å². The van der Waals surface area contributed by atoms with Crippen molar-refractivity contribution in [3.8, 4) is 5.75 Å². The molecular formula is C22H19N3O3. The predicted molar refractivity (Wildman–Crippen MR) is 105 cm³/mol. The first-order valence-electron chi connectivity index (χ1n) is 8.91. The molecule has 0 atom stereocenters. The minimum absolute atomic E-state index is 0.237. The number of nitrogens with zero attached hydrogens (tertiary/aromatic N) is 2. The van der Waals surface area contributed by atoms with Gasteiger partial charge in [0.25, 0.3) is 5.91 Å². The van der Waals surface area contributed by atoms with Gasteiger partial charge in [0.2, 0.25) is 0 Å². The van der Waals surface area contributed by atoms with E-state index in [2.05, 4.69) is 10.4 Å². The quantitative estimate of drug-likeness (QED) is 0.523. The Bertz CT molecular complexity index is 1040. The maximum atomic E-state index is 12.6. The van der Waals surface area contributed by atoms with E-state index in [-0.39, 0.29) is 18.3 Å². The van der Waals surface area contributed by atoms with Crippen LogP contribution in [-0.2, 0) is 13.2 Å². The van der Waals surface area contributed by atoms with Crippen molar-refractivity contribution in [3.63, 3.8) is 0 Å². The highest BCUT2D eigenvalue weighted by Gasteiger charge is 2.14. The van der Waals surface area contributed by atoms with Crippen molar-refractivity contribution in [2.75, 3.05) is 5.32 Å². The second-order valence-corrected chi connectivity index (χ2v) is 6.18. The third-order valence-electron chi connectivity index (χ3n) is 4.17. The lowest BCUT2D eigenvalue weighted by Crippen LogP contribution is -2.13. The first kappa shape index (κ1) is 17.6. The molecule has 0 bridgehead atoms. The van der Waals surface area contributed by atoms with Gasteiger partial charge in [-0.15, -0.1) is 0 Å². The molecule has 2 heterocycles. The number of ether oxygens (including phenoxy) is 1. The van der Waals surface area contributed by atoms with Gasteiger partial charge < -0.3 is 14.5 Å². The third-order valence-corrected chi connectivity index (χ3v) is 4.17. The van der Waals surface area contributed by atoms with Crippen LogP contribution in [0.15, 0.2) is 89.6 Å². The molecule has 140 valence electrons. The number of benzene rings is 2. The second-order valence-electron chi connectivity index (χ2n) is 6.18. The Morgan fingerprint density at radius 3 is 2.64 bits per heavy atom. The number of furan rings is 1. The minimum atomic E-state index is -0.307. The number of hydrogen-bond acceptors (Lipinski definition) is 4. The number of carbonyl (C=O) groups is 1. The first-order chi connectivity index (χ1) is 13.8. The zero-order valence-corrected chi connectivity index (χ0v) is 15.1. The summed E-state index contributed by atoms with van der Waals surface area (Å²) in [7, 11) is 0. The summed E-state index contributed by atoms with van der Waals surface area (Å²) >= 11 is 0. The van der Waals surface area contributed by atoms with E-state index >= 15 is 0 Å². The van der Waals surface area contributed by atoms with Gasteiger partial charge in [-0.3, -0.25) is 9.48 Å². The van der Waals surface area contributed by atoms with Crippen molar-refractivity contribution in [1.82, 2.24) is 9.78 Å². The summed E-state index contributed by atoms with van der Waals surface area (Å²) in [6.07, 6.45) is 3.60. The molecule has 4 aromatic rings. The molecule has 0 aliphatic rings. The Morgan fingerprint density at radius 1 is 1.00 bits per heavy atom. The first-order valence-corrected chi connectivity index (χ1v) is 8.91. The summed E-state index contributed by atoms with van der Waals surface area (Å²) in [5.74, 6) is 1.26. The van der Waals surface area contributed by atoms with E-state index in [1.807, 2.05) is 66.9 Å². The Kier molecular flexibility index (Phi) is 5.20. The van der Waals surface area contributed by atoms with Crippen molar-refractivity contribution in [2.24, 2.45) is 0 Å². The largest absolute Gasteiger partial charge is 0.486 e. The van der Waals surface area contributed by atoms with Crippen LogP contribution in [0.1, 0.15) is 21.9 Å². The minimum Gasteiger partial charge on any atom is -0.486 e. The van der Waals surface area contributed by atoms with Gasteiger partial charge in [-0.05, 0) is 42.0 Å². The lowest BCUT2D eigenvalue weighted by atomic mass is 10.1. The van der Waals surface area contributed by atoms with Crippen LogP contribution in [0, 0.1) is 0 Å². The molecule has 6 nitrogen and oxygen atoms in total. The molecule has 0 aliphatic carbocycles. The molecule has 1 N–H and O–H groups in total. The van der Waals surface area contributed by atoms with E-state index in [4.69, 9.17) is 9.15 Å². The molecule has 0 spiro atoms. The fourth-order valence-electron chi connectivity index (χ4n) is 2.78. The summed E-state index contributed by atoms with van der Waals surface area (Å²) in [5, 5.41) is 7.12. The van der Waals surface area contributed by atoms with Crippen LogP contribution in [-0.4, -0.2) is 15.7 Å². The number of rotatable bonds is 7.